The van der Waals surface area contributed by atoms with Crippen molar-refractivity contribution in [3.05, 3.63) is 40.5 Å². The molecule has 2 aromatic rings. The molecule has 0 spiro atoms. The van der Waals surface area contributed by atoms with E-state index in [0.29, 0.717) is 31.4 Å². The number of aryl methyl sites for hydroxylation is 2. The lowest BCUT2D eigenvalue weighted by molar-refractivity contribution is 0.509. The van der Waals surface area contributed by atoms with Crippen molar-refractivity contribution in [2.24, 2.45) is 4.99 Å². The SMILES string of the molecule is CN=C(NCCCn1nc2n(c1=O)CCCC2)NC1CCN(c2ncccc2F)C1. The Morgan fingerprint density at radius 3 is 3.07 bits per heavy atom. The number of aromatic nitrogens is 4. The normalized spacial score (nSPS) is 19.1. The van der Waals surface area contributed by atoms with Crippen LogP contribution in [0.1, 0.15) is 31.5 Å². The second kappa shape index (κ2) is 9.27. The maximum atomic E-state index is 14.0. The van der Waals surface area contributed by atoms with Crippen LogP contribution in [-0.4, -0.2) is 58.0 Å². The molecule has 0 saturated carbocycles. The van der Waals surface area contributed by atoms with Gasteiger partial charge in [0.05, 0.1) is 0 Å². The zero-order valence-corrected chi connectivity index (χ0v) is 17.3. The van der Waals surface area contributed by atoms with Crippen LogP contribution in [0.5, 0.6) is 0 Å². The van der Waals surface area contributed by atoms with Crippen LogP contribution in [0.4, 0.5) is 10.2 Å². The molecule has 1 fully saturated rings. The number of rotatable bonds is 6. The highest BCUT2D eigenvalue weighted by molar-refractivity contribution is 5.80. The average Bonchev–Trinajstić information content (AvgIpc) is 3.35. The minimum atomic E-state index is -0.295. The van der Waals surface area contributed by atoms with Crippen molar-refractivity contribution in [3.8, 4) is 0 Å². The summed E-state index contributed by atoms with van der Waals surface area (Å²) in [6, 6.07) is 3.20. The van der Waals surface area contributed by atoms with E-state index in [-0.39, 0.29) is 17.5 Å². The van der Waals surface area contributed by atoms with E-state index in [0.717, 1.165) is 51.0 Å². The molecule has 0 radical (unpaired) electrons. The first-order valence-corrected chi connectivity index (χ1v) is 10.6. The molecule has 30 heavy (non-hydrogen) atoms. The quantitative estimate of drug-likeness (QED) is 0.410. The van der Waals surface area contributed by atoms with Gasteiger partial charge in [-0.15, -0.1) is 0 Å². The highest BCUT2D eigenvalue weighted by Crippen LogP contribution is 2.20. The standard InChI is InChI=1S/C20H29FN8O/c1-22-19(25-15-8-13-27(14-15)18-16(21)6-4-9-23-18)24-10-5-12-29-20(30)28-11-3-2-7-17(28)26-29/h4,6,9,15H,2-3,5,7-8,10-14H2,1H3,(H2,22,24,25). The lowest BCUT2D eigenvalue weighted by Gasteiger charge is -2.20. The summed E-state index contributed by atoms with van der Waals surface area (Å²) in [4.78, 5) is 22.8. The molecule has 0 bridgehead atoms. The molecule has 2 N–H and O–H groups in total. The number of hydrogen-bond donors (Lipinski definition) is 2. The summed E-state index contributed by atoms with van der Waals surface area (Å²) in [5.74, 6) is 1.72. The fraction of sp³-hybridized carbons (Fsp3) is 0.600. The highest BCUT2D eigenvalue weighted by atomic mass is 19.1. The maximum absolute atomic E-state index is 14.0. The van der Waals surface area contributed by atoms with Gasteiger partial charge in [-0.1, -0.05) is 0 Å². The maximum Gasteiger partial charge on any atom is 0.345 e. The van der Waals surface area contributed by atoms with Gasteiger partial charge in [-0.2, -0.15) is 5.10 Å². The summed E-state index contributed by atoms with van der Waals surface area (Å²) in [7, 11) is 1.73. The van der Waals surface area contributed by atoms with Crippen molar-refractivity contribution in [3.63, 3.8) is 0 Å². The molecular formula is C20H29FN8O. The molecule has 4 heterocycles. The van der Waals surface area contributed by atoms with Gasteiger partial charge in [-0.05, 0) is 37.8 Å². The summed E-state index contributed by atoms with van der Waals surface area (Å²) in [6.07, 6.45) is 6.30. The predicted octanol–water partition coefficient (Wildman–Crippen LogP) is 0.749. The number of fused-ring (bicyclic) bond motifs is 1. The number of aliphatic imine (C=N–C) groups is 1. The van der Waals surface area contributed by atoms with Gasteiger partial charge in [0.15, 0.2) is 17.6 Å². The van der Waals surface area contributed by atoms with Crippen LogP contribution in [0.15, 0.2) is 28.1 Å². The van der Waals surface area contributed by atoms with Gasteiger partial charge in [0, 0.05) is 58.4 Å². The Kier molecular flexibility index (Phi) is 6.29. The van der Waals surface area contributed by atoms with Gasteiger partial charge >= 0.3 is 5.69 Å². The second-order valence-corrected chi connectivity index (χ2v) is 7.77. The first kappa shape index (κ1) is 20.4. The number of hydrogen-bond acceptors (Lipinski definition) is 5. The number of guanidine groups is 1. The van der Waals surface area contributed by atoms with Crippen molar-refractivity contribution >= 4 is 11.8 Å². The number of pyridine rings is 1. The Balaban J connectivity index is 1.23. The van der Waals surface area contributed by atoms with Crippen LogP contribution >= 0.6 is 0 Å². The van der Waals surface area contributed by atoms with Gasteiger partial charge < -0.3 is 15.5 Å². The minimum Gasteiger partial charge on any atom is -0.356 e. The number of anilines is 1. The van der Waals surface area contributed by atoms with Crippen LogP contribution in [0.3, 0.4) is 0 Å². The molecule has 1 unspecified atom stereocenters. The molecule has 1 atom stereocenters. The summed E-state index contributed by atoms with van der Waals surface area (Å²) >= 11 is 0. The Hall–Kier alpha value is -2.91. The van der Waals surface area contributed by atoms with Gasteiger partial charge in [-0.3, -0.25) is 9.56 Å². The molecule has 162 valence electrons. The Labute approximate surface area is 175 Å². The van der Waals surface area contributed by atoms with Crippen LogP contribution < -0.4 is 21.2 Å². The third kappa shape index (κ3) is 4.47. The smallest absolute Gasteiger partial charge is 0.345 e. The number of halogens is 1. The summed E-state index contributed by atoms with van der Waals surface area (Å²) < 4.78 is 17.3. The molecule has 0 amide bonds. The van der Waals surface area contributed by atoms with Crippen molar-refractivity contribution in [2.45, 2.75) is 51.2 Å². The fourth-order valence-electron chi connectivity index (χ4n) is 4.10. The Morgan fingerprint density at radius 1 is 1.37 bits per heavy atom. The van der Waals surface area contributed by atoms with E-state index in [2.05, 4.69) is 25.7 Å². The number of nitrogens with one attached hydrogen (secondary N) is 2. The van der Waals surface area contributed by atoms with E-state index < -0.39 is 0 Å². The first-order valence-electron chi connectivity index (χ1n) is 10.6. The fourth-order valence-corrected chi connectivity index (χ4v) is 4.10. The molecular weight excluding hydrogens is 387 g/mol. The zero-order chi connectivity index (χ0) is 20.9. The van der Waals surface area contributed by atoms with Crippen LogP contribution in [0, 0.1) is 5.82 Å². The van der Waals surface area contributed by atoms with E-state index in [4.69, 9.17) is 0 Å². The van der Waals surface area contributed by atoms with E-state index in [9.17, 15) is 9.18 Å². The minimum absolute atomic E-state index is 0.00000718. The van der Waals surface area contributed by atoms with E-state index in [1.54, 1.807) is 28.6 Å². The topological polar surface area (TPSA) is 92.4 Å². The molecule has 4 rings (SSSR count). The van der Waals surface area contributed by atoms with Gasteiger partial charge in [0.2, 0.25) is 0 Å². The van der Waals surface area contributed by atoms with Crippen LogP contribution in [-0.2, 0) is 19.5 Å². The van der Waals surface area contributed by atoms with E-state index in [1.807, 2.05) is 4.90 Å². The van der Waals surface area contributed by atoms with E-state index >= 15 is 0 Å². The largest absolute Gasteiger partial charge is 0.356 e. The monoisotopic (exact) mass is 416 g/mol. The molecule has 2 aromatic heterocycles. The lowest BCUT2D eigenvalue weighted by atomic mass is 10.2. The molecule has 0 aliphatic carbocycles. The van der Waals surface area contributed by atoms with Gasteiger partial charge in [0.25, 0.3) is 0 Å². The highest BCUT2D eigenvalue weighted by Gasteiger charge is 2.26. The third-order valence-corrected chi connectivity index (χ3v) is 5.66. The van der Waals surface area contributed by atoms with Crippen molar-refractivity contribution in [2.75, 3.05) is 31.6 Å². The third-order valence-electron chi connectivity index (χ3n) is 5.66. The molecule has 2 aliphatic heterocycles. The van der Waals surface area contributed by atoms with Crippen LogP contribution in [0.25, 0.3) is 0 Å². The summed E-state index contributed by atoms with van der Waals surface area (Å²) in [5, 5.41) is 11.2. The molecule has 2 aliphatic rings. The zero-order valence-electron chi connectivity index (χ0n) is 17.3. The first-order chi connectivity index (χ1) is 14.7. The van der Waals surface area contributed by atoms with Crippen molar-refractivity contribution < 1.29 is 4.39 Å². The lowest BCUT2D eigenvalue weighted by Crippen LogP contribution is -2.45. The van der Waals surface area contributed by atoms with Crippen LogP contribution in [0.2, 0.25) is 0 Å². The second-order valence-electron chi connectivity index (χ2n) is 7.77. The number of nitrogens with zero attached hydrogens (tertiary/aromatic N) is 6. The molecule has 9 nitrogen and oxygen atoms in total. The molecule has 0 aromatic carbocycles. The Morgan fingerprint density at radius 2 is 2.27 bits per heavy atom. The van der Waals surface area contributed by atoms with Gasteiger partial charge in [-0.25, -0.2) is 18.9 Å². The van der Waals surface area contributed by atoms with Gasteiger partial charge in [0.1, 0.15) is 5.82 Å². The van der Waals surface area contributed by atoms with E-state index in [1.165, 1.54) is 6.07 Å². The molecule has 10 heteroatoms. The Bertz CT molecular complexity index is 953. The average molecular weight is 417 g/mol. The molecule has 1 saturated heterocycles. The summed E-state index contributed by atoms with van der Waals surface area (Å²) in [5.41, 5.74) is 0.00000718. The summed E-state index contributed by atoms with van der Waals surface area (Å²) in [6.45, 7) is 3.46. The van der Waals surface area contributed by atoms with Crippen molar-refractivity contribution in [1.82, 2.24) is 30.0 Å². The predicted molar refractivity (Wildman–Crippen MR) is 113 cm³/mol. The van der Waals surface area contributed by atoms with Crippen molar-refractivity contribution in [1.29, 1.82) is 0 Å².